The maximum atomic E-state index is 12.6. The van der Waals surface area contributed by atoms with E-state index in [-0.39, 0.29) is 27.6 Å². The third-order valence-electron chi connectivity index (χ3n) is 4.58. The van der Waals surface area contributed by atoms with Gasteiger partial charge in [-0.2, -0.15) is 8.78 Å². The van der Waals surface area contributed by atoms with Crippen LogP contribution < -0.4 is 10.1 Å². The highest BCUT2D eigenvalue weighted by atomic mass is 35.5. The molecule has 0 fully saturated rings. The number of nitrogens with zero attached hydrogens (tertiary/aromatic N) is 1. The second kappa shape index (κ2) is 9.31. The summed E-state index contributed by atoms with van der Waals surface area (Å²) in [5.41, 5.74) is 1.33. The molecule has 168 valence electrons. The smallest absolute Gasteiger partial charge is 0.387 e. The first-order valence-electron chi connectivity index (χ1n) is 9.28. The molecule has 2 aromatic rings. The summed E-state index contributed by atoms with van der Waals surface area (Å²) in [4.78, 5) is 50.3. The maximum Gasteiger partial charge on any atom is 0.387 e. The number of hydrogen-bond donors (Lipinski definition) is 1. The zero-order chi connectivity index (χ0) is 23.6. The van der Waals surface area contributed by atoms with Crippen LogP contribution in [-0.4, -0.2) is 47.9 Å². The van der Waals surface area contributed by atoms with Crippen LogP contribution in [0.15, 0.2) is 36.4 Å². The molecule has 0 aromatic heterocycles. The van der Waals surface area contributed by atoms with Gasteiger partial charge >= 0.3 is 12.6 Å². The molecule has 1 aliphatic heterocycles. The van der Waals surface area contributed by atoms with Gasteiger partial charge in [0.2, 0.25) is 0 Å². The molecular formula is C21H17ClF2N2O6. The summed E-state index contributed by atoms with van der Waals surface area (Å²) in [6, 6.07) is 7.09. The van der Waals surface area contributed by atoms with Gasteiger partial charge in [-0.3, -0.25) is 19.3 Å². The fourth-order valence-electron chi connectivity index (χ4n) is 3.05. The number of rotatable bonds is 7. The van der Waals surface area contributed by atoms with Gasteiger partial charge in [-0.05, 0) is 44.2 Å². The summed E-state index contributed by atoms with van der Waals surface area (Å²) >= 11 is 5.81. The first kappa shape index (κ1) is 23.1. The quantitative estimate of drug-likeness (QED) is 0.495. The van der Waals surface area contributed by atoms with Gasteiger partial charge in [-0.1, -0.05) is 23.2 Å². The van der Waals surface area contributed by atoms with Crippen molar-refractivity contribution in [3.05, 3.63) is 58.1 Å². The number of imide groups is 1. The molecule has 1 heterocycles. The van der Waals surface area contributed by atoms with Crippen molar-refractivity contribution in [3.8, 4) is 5.75 Å². The molecule has 3 rings (SSSR count). The number of carbonyl (C=O) groups excluding carboxylic acids is 4. The number of aryl methyl sites for hydroxylation is 1. The molecule has 1 atom stereocenters. The van der Waals surface area contributed by atoms with Gasteiger partial charge in [0.1, 0.15) is 11.8 Å². The highest BCUT2D eigenvalue weighted by Gasteiger charge is 2.41. The number of nitrogens with one attached hydrogen (secondary N) is 1. The Labute approximate surface area is 186 Å². The Hall–Kier alpha value is -3.53. The predicted octanol–water partition coefficient (Wildman–Crippen LogP) is 3.42. The first-order chi connectivity index (χ1) is 15.1. The average molecular weight is 467 g/mol. The number of fused-ring (bicyclic) bond motifs is 1. The number of alkyl halides is 2. The van der Waals surface area contributed by atoms with Crippen molar-refractivity contribution >= 4 is 41.0 Å². The molecule has 3 amide bonds. The summed E-state index contributed by atoms with van der Waals surface area (Å²) in [6.45, 7) is -0.682. The molecule has 11 heteroatoms. The molecular weight excluding hydrogens is 450 g/mol. The topological polar surface area (TPSA) is 102 Å². The van der Waals surface area contributed by atoms with E-state index in [2.05, 4.69) is 10.1 Å². The van der Waals surface area contributed by atoms with Gasteiger partial charge in [-0.15, -0.1) is 0 Å². The molecule has 2 aromatic carbocycles. The number of halogens is 3. The molecule has 1 aliphatic rings. The lowest BCUT2D eigenvalue weighted by Crippen LogP contribution is -2.44. The van der Waals surface area contributed by atoms with Crippen LogP contribution in [0.3, 0.4) is 0 Å². The number of carbonyl (C=O) groups is 4. The SMILES string of the molecule is Cc1ccc2c(c1)C(=O)N(C(C)C(=O)OCC(=O)Nc1ccc(OC(F)F)c(Cl)c1)C2=O. The van der Waals surface area contributed by atoms with Crippen molar-refractivity contribution in [1.29, 1.82) is 0 Å². The number of hydrogen-bond acceptors (Lipinski definition) is 6. The number of amides is 3. The van der Waals surface area contributed by atoms with E-state index >= 15 is 0 Å². The number of anilines is 1. The van der Waals surface area contributed by atoms with E-state index in [4.69, 9.17) is 16.3 Å². The van der Waals surface area contributed by atoms with Crippen LogP contribution in [0.2, 0.25) is 5.02 Å². The summed E-state index contributed by atoms with van der Waals surface area (Å²) in [5.74, 6) is -3.22. The predicted molar refractivity (Wildman–Crippen MR) is 109 cm³/mol. The second-order valence-corrected chi connectivity index (χ2v) is 7.29. The van der Waals surface area contributed by atoms with E-state index in [9.17, 15) is 28.0 Å². The van der Waals surface area contributed by atoms with E-state index in [1.54, 1.807) is 19.1 Å². The van der Waals surface area contributed by atoms with Crippen LogP contribution in [0.4, 0.5) is 14.5 Å². The molecule has 0 aliphatic carbocycles. The average Bonchev–Trinajstić information content (AvgIpc) is 2.97. The Balaban J connectivity index is 1.57. The highest BCUT2D eigenvalue weighted by molar-refractivity contribution is 6.32. The Morgan fingerprint density at radius 1 is 1.09 bits per heavy atom. The Kier molecular flexibility index (Phi) is 6.73. The number of ether oxygens (including phenoxy) is 2. The fourth-order valence-corrected chi connectivity index (χ4v) is 3.28. The molecule has 0 bridgehead atoms. The third-order valence-corrected chi connectivity index (χ3v) is 4.87. The standard InChI is InChI=1S/C21H17ClF2N2O6/c1-10-3-5-13-14(7-10)19(29)26(18(13)28)11(2)20(30)31-9-17(27)25-12-4-6-16(15(22)8-12)32-21(23)24/h3-8,11,21H,9H2,1-2H3,(H,25,27). The van der Waals surface area contributed by atoms with Gasteiger partial charge < -0.3 is 14.8 Å². The molecule has 1 unspecified atom stereocenters. The lowest BCUT2D eigenvalue weighted by molar-refractivity contribution is -0.150. The summed E-state index contributed by atoms with van der Waals surface area (Å²) in [5, 5.41) is 2.22. The largest absolute Gasteiger partial charge is 0.454 e. The Morgan fingerprint density at radius 2 is 1.78 bits per heavy atom. The van der Waals surface area contributed by atoms with Crippen molar-refractivity contribution in [3.63, 3.8) is 0 Å². The van der Waals surface area contributed by atoms with E-state index in [0.717, 1.165) is 16.5 Å². The van der Waals surface area contributed by atoms with Crippen LogP contribution in [0.5, 0.6) is 5.75 Å². The van der Waals surface area contributed by atoms with Crippen molar-refractivity contribution in [2.75, 3.05) is 11.9 Å². The highest BCUT2D eigenvalue weighted by Crippen LogP contribution is 2.29. The van der Waals surface area contributed by atoms with Crippen molar-refractivity contribution in [2.45, 2.75) is 26.5 Å². The van der Waals surface area contributed by atoms with E-state index < -0.39 is 43.0 Å². The number of esters is 1. The van der Waals surface area contributed by atoms with Crippen LogP contribution in [0, 0.1) is 6.92 Å². The van der Waals surface area contributed by atoms with E-state index in [0.29, 0.717) is 0 Å². The second-order valence-electron chi connectivity index (χ2n) is 6.88. The Bertz CT molecular complexity index is 1110. The van der Waals surface area contributed by atoms with Crippen LogP contribution in [-0.2, 0) is 14.3 Å². The van der Waals surface area contributed by atoms with Gasteiger partial charge in [0.15, 0.2) is 6.61 Å². The van der Waals surface area contributed by atoms with Gasteiger partial charge in [0, 0.05) is 5.69 Å². The first-order valence-corrected chi connectivity index (χ1v) is 9.65. The molecule has 32 heavy (non-hydrogen) atoms. The summed E-state index contributed by atoms with van der Waals surface area (Å²) in [6.07, 6.45) is 0. The molecule has 0 spiro atoms. The number of benzene rings is 2. The molecule has 0 saturated carbocycles. The van der Waals surface area contributed by atoms with Gasteiger partial charge in [0.25, 0.3) is 17.7 Å². The monoisotopic (exact) mass is 466 g/mol. The molecule has 8 nitrogen and oxygen atoms in total. The zero-order valence-electron chi connectivity index (χ0n) is 16.9. The summed E-state index contributed by atoms with van der Waals surface area (Å²) < 4.78 is 33.6. The Morgan fingerprint density at radius 3 is 2.44 bits per heavy atom. The minimum atomic E-state index is -3.06. The maximum absolute atomic E-state index is 12.6. The lowest BCUT2D eigenvalue weighted by Gasteiger charge is -2.20. The lowest BCUT2D eigenvalue weighted by atomic mass is 10.1. The van der Waals surface area contributed by atoms with Crippen LogP contribution >= 0.6 is 11.6 Å². The van der Waals surface area contributed by atoms with Crippen LogP contribution in [0.25, 0.3) is 0 Å². The molecule has 1 N–H and O–H groups in total. The normalized spacial score (nSPS) is 13.8. The third kappa shape index (κ3) is 4.86. The van der Waals surface area contributed by atoms with E-state index in [1.807, 2.05) is 0 Å². The minimum absolute atomic E-state index is 0.154. The van der Waals surface area contributed by atoms with Crippen molar-refractivity contribution in [2.24, 2.45) is 0 Å². The molecule has 0 radical (unpaired) electrons. The summed E-state index contributed by atoms with van der Waals surface area (Å²) in [7, 11) is 0. The minimum Gasteiger partial charge on any atom is -0.454 e. The van der Waals surface area contributed by atoms with Gasteiger partial charge in [0.05, 0.1) is 16.1 Å². The zero-order valence-corrected chi connectivity index (χ0v) is 17.6. The van der Waals surface area contributed by atoms with Crippen molar-refractivity contribution < 1.29 is 37.4 Å². The van der Waals surface area contributed by atoms with E-state index in [1.165, 1.54) is 25.1 Å². The van der Waals surface area contributed by atoms with Crippen LogP contribution in [0.1, 0.15) is 33.2 Å². The van der Waals surface area contributed by atoms with Gasteiger partial charge in [-0.25, -0.2) is 4.79 Å². The van der Waals surface area contributed by atoms with Crippen molar-refractivity contribution in [1.82, 2.24) is 4.90 Å². The molecule has 0 saturated heterocycles. The fraction of sp³-hybridized carbons (Fsp3) is 0.238.